The minimum Gasteiger partial charge on any atom is -0.462 e. The van der Waals surface area contributed by atoms with Gasteiger partial charge in [-0.2, -0.15) is 0 Å². The van der Waals surface area contributed by atoms with Crippen LogP contribution in [0.1, 0.15) is 6.92 Å². The van der Waals surface area contributed by atoms with Gasteiger partial charge in [-0.15, -0.1) is 0 Å². The summed E-state index contributed by atoms with van der Waals surface area (Å²) in [5.41, 5.74) is 0. The van der Waals surface area contributed by atoms with E-state index in [1.165, 1.54) is 0 Å². The molecule has 1 aromatic carbocycles. The Labute approximate surface area is 99.2 Å². The molecule has 1 aliphatic heterocycles. The van der Waals surface area contributed by atoms with Crippen molar-refractivity contribution in [3.63, 3.8) is 0 Å². The molecule has 1 heterocycles. The topological polar surface area (TPSA) is 79.2 Å². The number of hydrogen-bond donors (Lipinski definition) is 3. The number of aliphatic hydroxyl groups excluding tert-OH is 3. The largest absolute Gasteiger partial charge is 0.462 e. The number of rotatable bonds is 2. The Morgan fingerprint density at radius 3 is 2.29 bits per heavy atom. The van der Waals surface area contributed by atoms with Crippen molar-refractivity contribution in [1.82, 2.24) is 0 Å². The Morgan fingerprint density at radius 2 is 1.65 bits per heavy atom. The van der Waals surface area contributed by atoms with Gasteiger partial charge in [-0.05, 0) is 19.1 Å². The van der Waals surface area contributed by atoms with E-state index >= 15 is 0 Å². The zero-order valence-electron chi connectivity index (χ0n) is 9.43. The van der Waals surface area contributed by atoms with E-state index in [-0.39, 0.29) is 0 Å². The summed E-state index contributed by atoms with van der Waals surface area (Å²) in [6.07, 6.45) is -5.23. The Hall–Kier alpha value is -1.14. The van der Waals surface area contributed by atoms with Gasteiger partial charge in [-0.25, -0.2) is 0 Å². The van der Waals surface area contributed by atoms with Crippen LogP contribution >= 0.6 is 0 Å². The Morgan fingerprint density at radius 1 is 1.00 bits per heavy atom. The molecule has 5 heteroatoms. The summed E-state index contributed by atoms with van der Waals surface area (Å²) in [4.78, 5) is 0. The second kappa shape index (κ2) is 5.01. The van der Waals surface area contributed by atoms with E-state index in [2.05, 4.69) is 0 Å². The molecule has 1 fully saturated rings. The standard InChI is InChI=1S/C12H16O5/c1-7-9(13)10(14)11(15)12(16-7)17-8-5-3-2-4-6-8/h2-7,9-15H,1H3/t7-,9+,10+,11-,12+/m0/s1. The van der Waals surface area contributed by atoms with Gasteiger partial charge in [-0.1, -0.05) is 18.2 Å². The Balaban J connectivity index is 2.06. The maximum atomic E-state index is 9.73. The minimum absolute atomic E-state index is 0.535. The van der Waals surface area contributed by atoms with E-state index < -0.39 is 30.7 Å². The molecule has 3 N–H and O–H groups in total. The zero-order valence-corrected chi connectivity index (χ0v) is 9.43. The lowest BCUT2D eigenvalue weighted by Gasteiger charge is -2.38. The molecule has 5 nitrogen and oxygen atoms in total. The molecule has 0 aromatic heterocycles. The van der Waals surface area contributed by atoms with Crippen molar-refractivity contribution in [1.29, 1.82) is 0 Å². The van der Waals surface area contributed by atoms with Crippen LogP contribution < -0.4 is 4.74 Å². The molecule has 2 rings (SSSR count). The molecule has 1 saturated heterocycles. The third-order valence-electron chi connectivity index (χ3n) is 2.80. The normalized spacial score (nSPS) is 37.8. The summed E-state index contributed by atoms with van der Waals surface area (Å²) in [5.74, 6) is 0.535. The van der Waals surface area contributed by atoms with E-state index in [9.17, 15) is 15.3 Å². The fraction of sp³-hybridized carbons (Fsp3) is 0.500. The quantitative estimate of drug-likeness (QED) is 0.672. The van der Waals surface area contributed by atoms with Gasteiger partial charge in [-0.3, -0.25) is 0 Å². The van der Waals surface area contributed by atoms with Gasteiger partial charge in [0.1, 0.15) is 24.1 Å². The average molecular weight is 240 g/mol. The fourth-order valence-electron chi connectivity index (χ4n) is 1.74. The first-order valence-corrected chi connectivity index (χ1v) is 5.51. The van der Waals surface area contributed by atoms with Gasteiger partial charge in [0.25, 0.3) is 0 Å². The second-order valence-corrected chi connectivity index (χ2v) is 4.11. The molecule has 1 aliphatic rings. The van der Waals surface area contributed by atoms with Gasteiger partial charge in [0.05, 0.1) is 6.10 Å². The number of para-hydroxylation sites is 1. The monoisotopic (exact) mass is 240 g/mol. The highest BCUT2D eigenvalue weighted by Gasteiger charge is 2.43. The molecule has 0 aliphatic carbocycles. The number of ether oxygens (including phenoxy) is 2. The van der Waals surface area contributed by atoms with Gasteiger partial charge in [0.2, 0.25) is 6.29 Å². The van der Waals surface area contributed by atoms with Gasteiger partial charge in [0.15, 0.2) is 0 Å². The number of hydrogen-bond acceptors (Lipinski definition) is 5. The van der Waals surface area contributed by atoms with Gasteiger partial charge in [0, 0.05) is 0 Å². The molecule has 0 amide bonds. The van der Waals surface area contributed by atoms with E-state index in [0.29, 0.717) is 5.75 Å². The van der Waals surface area contributed by atoms with Crippen LogP contribution in [0.25, 0.3) is 0 Å². The van der Waals surface area contributed by atoms with Crippen molar-refractivity contribution in [2.45, 2.75) is 37.6 Å². The van der Waals surface area contributed by atoms with E-state index in [4.69, 9.17) is 9.47 Å². The predicted octanol–water partition coefficient (Wildman–Crippen LogP) is -0.107. The molecular weight excluding hydrogens is 224 g/mol. The summed E-state index contributed by atoms with van der Waals surface area (Å²) in [6, 6.07) is 8.86. The lowest BCUT2D eigenvalue weighted by atomic mass is 10.00. The third kappa shape index (κ3) is 2.58. The molecular formula is C12H16O5. The Kier molecular flexibility index (Phi) is 3.63. The molecule has 0 unspecified atom stereocenters. The van der Waals surface area contributed by atoms with Crippen LogP contribution in [-0.2, 0) is 4.74 Å². The lowest BCUT2D eigenvalue weighted by Crippen LogP contribution is -2.58. The van der Waals surface area contributed by atoms with Gasteiger partial charge < -0.3 is 24.8 Å². The Bertz CT molecular complexity index is 355. The molecule has 94 valence electrons. The van der Waals surface area contributed by atoms with Crippen molar-refractivity contribution in [3.05, 3.63) is 30.3 Å². The van der Waals surface area contributed by atoms with Crippen LogP contribution in [0.4, 0.5) is 0 Å². The maximum absolute atomic E-state index is 9.73. The van der Waals surface area contributed by atoms with Crippen molar-refractivity contribution in [2.24, 2.45) is 0 Å². The van der Waals surface area contributed by atoms with Crippen LogP contribution in [0.2, 0.25) is 0 Å². The van der Waals surface area contributed by atoms with Crippen molar-refractivity contribution in [2.75, 3.05) is 0 Å². The third-order valence-corrected chi connectivity index (χ3v) is 2.80. The molecule has 17 heavy (non-hydrogen) atoms. The lowest BCUT2D eigenvalue weighted by molar-refractivity contribution is -0.268. The highest BCUT2D eigenvalue weighted by Crippen LogP contribution is 2.23. The SMILES string of the molecule is C[C@@H]1O[C@H](Oc2ccccc2)[C@@H](O)[C@H](O)[C@@H]1O. The molecule has 5 atom stereocenters. The van der Waals surface area contributed by atoms with Crippen LogP contribution in [0.5, 0.6) is 5.75 Å². The van der Waals surface area contributed by atoms with Crippen molar-refractivity contribution < 1.29 is 24.8 Å². The summed E-state index contributed by atoms with van der Waals surface area (Å²) in [7, 11) is 0. The smallest absolute Gasteiger partial charge is 0.229 e. The fourth-order valence-corrected chi connectivity index (χ4v) is 1.74. The van der Waals surface area contributed by atoms with Crippen LogP contribution in [0, 0.1) is 0 Å². The zero-order chi connectivity index (χ0) is 12.4. The number of benzene rings is 1. The summed E-state index contributed by atoms with van der Waals surface area (Å²) in [6.45, 7) is 1.61. The highest BCUT2D eigenvalue weighted by atomic mass is 16.7. The second-order valence-electron chi connectivity index (χ2n) is 4.11. The van der Waals surface area contributed by atoms with Crippen molar-refractivity contribution >= 4 is 0 Å². The number of aliphatic hydroxyl groups is 3. The van der Waals surface area contributed by atoms with E-state index in [1.54, 1.807) is 31.2 Å². The van der Waals surface area contributed by atoms with E-state index in [0.717, 1.165) is 0 Å². The average Bonchev–Trinajstić information content (AvgIpc) is 2.35. The van der Waals surface area contributed by atoms with Crippen LogP contribution in [0.3, 0.4) is 0 Å². The minimum atomic E-state index is -1.28. The highest BCUT2D eigenvalue weighted by molar-refractivity contribution is 5.21. The molecule has 0 spiro atoms. The maximum Gasteiger partial charge on any atom is 0.229 e. The van der Waals surface area contributed by atoms with E-state index in [1.807, 2.05) is 6.07 Å². The summed E-state index contributed by atoms with van der Waals surface area (Å²) >= 11 is 0. The van der Waals surface area contributed by atoms with Crippen molar-refractivity contribution in [3.8, 4) is 5.75 Å². The summed E-state index contributed by atoms with van der Waals surface area (Å²) in [5, 5.41) is 28.8. The molecule has 0 radical (unpaired) electrons. The first kappa shape index (κ1) is 12.3. The molecule has 0 bridgehead atoms. The molecule has 1 aromatic rings. The summed E-state index contributed by atoms with van der Waals surface area (Å²) < 4.78 is 10.7. The van der Waals surface area contributed by atoms with Gasteiger partial charge >= 0.3 is 0 Å². The molecule has 0 saturated carbocycles. The van der Waals surface area contributed by atoms with Crippen LogP contribution in [-0.4, -0.2) is 46.0 Å². The predicted molar refractivity (Wildman–Crippen MR) is 59.4 cm³/mol. The first-order valence-electron chi connectivity index (χ1n) is 5.51. The van der Waals surface area contributed by atoms with Crippen LogP contribution in [0.15, 0.2) is 30.3 Å². The first-order chi connectivity index (χ1) is 8.09.